The maximum Gasteiger partial charge on any atom is 0.133 e. The van der Waals surface area contributed by atoms with E-state index >= 15 is 0 Å². The number of hydrogen-bond donors (Lipinski definition) is 1. The maximum atomic E-state index is 4.92. The van der Waals surface area contributed by atoms with E-state index in [-0.39, 0.29) is 5.54 Å². The molecule has 5 heteroatoms. The van der Waals surface area contributed by atoms with Crippen molar-refractivity contribution in [3.8, 4) is 9.88 Å². The van der Waals surface area contributed by atoms with Crippen LogP contribution in [0.1, 0.15) is 50.1 Å². The number of nitrogens with one attached hydrogen (secondary N) is 1. The summed E-state index contributed by atoms with van der Waals surface area (Å²) < 4.78 is 1.17. The van der Waals surface area contributed by atoms with Crippen molar-refractivity contribution in [2.24, 2.45) is 0 Å². The lowest BCUT2D eigenvalue weighted by Gasteiger charge is -2.20. The van der Waals surface area contributed by atoms with Gasteiger partial charge in [-0.25, -0.2) is 4.98 Å². The zero-order valence-corrected chi connectivity index (χ0v) is 15.2. The number of hydrogen-bond acceptors (Lipinski definition) is 4. The van der Waals surface area contributed by atoms with Crippen molar-refractivity contribution in [1.82, 2.24) is 10.3 Å². The normalized spacial score (nSPS) is 15.8. The molecule has 20 heavy (non-hydrogen) atoms. The minimum Gasteiger partial charge on any atom is -0.307 e. The standard InChI is InChI=1S/C15H19BrN2S2/c1-15(2,3)17-8-11-13(9-4-5-9)18-14(20-11)10-6-7-12(16)19-10/h6-7,9,17H,4-5,8H2,1-3H3. The van der Waals surface area contributed by atoms with Crippen LogP contribution >= 0.6 is 38.6 Å². The predicted molar refractivity (Wildman–Crippen MR) is 91.7 cm³/mol. The van der Waals surface area contributed by atoms with Crippen molar-refractivity contribution in [3.05, 3.63) is 26.5 Å². The van der Waals surface area contributed by atoms with Gasteiger partial charge in [0, 0.05) is 22.9 Å². The van der Waals surface area contributed by atoms with E-state index in [1.807, 2.05) is 11.3 Å². The molecule has 1 aliphatic carbocycles. The van der Waals surface area contributed by atoms with Crippen LogP contribution in [0.15, 0.2) is 15.9 Å². The van der Waals surface area contributed by atoms with Gasteiger partial charge in [-0.3, -0.25) is 0 Å². The van der Waals surface area contributed by atoms with Crippen molar-refractivity contribution in [1.29, 1.82) is 0 Å². The third kappa shape index (κ3) is 3.50. The first-order valence-corrected chi connectivity index (χ1v) is 9.35. The summed E-state index contributed by atoms with van der Waals surface area (Å²) in [4.78, 5) is 7.61. The summed E-state index contributed by atoms with van der Waals surface area (Å²) in [5.74, 6) is 0.708. The van der Waals surface area contributed by atoms with Crippen LogP contribution in [-0.2, 0) is 6.54 Å². The van der Waals surface area contributed by atoms with Gasteiger partial charge in [-0.1, -0.05) is 0 Å². The Hall–Kier alpha value is -0.230. The lowest BCUT2D eigenvalue weighted by Crippen LogP contribution is -2.35. The lowest BCUT2D eigenvalue weighted by atomic mass is 10.1. The van der Waals surface area contributed by atoms with Gasteiger partial charge in [0.25, 0.3) is 0 Å². The fourth-order valence-corrected chi connectivity index (χ4v) is 4.57. The summed E-state index contributed by atoms with van der Waals surface area (Å²) >= 11 is 7.15. The Morgan fingerprint density at radius 1 is 1.30 bits per heavy atom. The third-order valence-electron chi connectivity index (χ3n) is 3.25. The van der Waals surface area contributed by atoms with Crippen molar-refractivity contribution in [3.63, 3.8) is 0 Å². The minimum atomic E-state index is 0.150. The van der Waals surface area contributed by atoms with Gasteiger partial charge in [-0.2, -0.15) is 0 Å². The Balaban J connectivity index is 1.86. The summed E-state index contributed by atoms with van der Waals surface area (Å²) in [5, 5.41) is 4.77. The largest absolute Gasteiger partial charge is 0.307 e. The molecule has 0 bridgehead atoms. The highest BCUT2D eigenvalue weighted by Gasteiger charge is 2.30. The van der Waals surface area contributed by atoms with Gasteiger partial charge >= 0.3 is 0 Å². The fraction of sp³-hybridized carbons (Fsp3) is 0.533. The molecular formula is C15H19BrN2S2. The van der Waals surface area contributed by atoms with E-state index < -0.39 is 0 Å². The van der Waals surface area contributed by atoms with E-state index in [0.29, 0.717) is 5.92 Å². The second-order valence-corrected chi connectivity index (χ2v) is 9.86. The molecule has 0 radical (unpaired) electrons. The Kier molecular flexibility index (Phi) is 4.06. The number of thiazole rings is 1. The van der Waals surface area contributed by atoms with E-state index in [2.05, 4.69) is 54.2 Å². The van der Waals surface area contributed by atoms with Gasteiger partial charge in [0.05, 0.1) is 14.4 Å². The van der Waals surface area contributed by atoms with E-state index in [0.717, 1.165) is 6.54 Å². The van der Waals surface area contributed by atoms with E-state index in [4.69, 9.17) is 4.98 Å². The first-order chi connectivity index (χ1) is 9.42. The average molecular weight is 371 g/mol. The highest BCUT2D eigenvalue weighted by atomic mass is 79.9. The highest BCUT2D eigenvalue weighted by molar-refractivity contribution is 9.11. The topological polar surface area (TPSA) is 24.9 Å². The Bertz CT molecular complexity index is 606. The van der Waals surface area contributed by atoms with E-state index in [9.17, 15) is 0 Å². The molecule has 1 saturated carbocycles. The van der Waals surface area contributed by atoms with Crippen LogP contribution in [0, 0.1) is 0 Å². The molecule has 0 amide bonds. The summed E-state index contributed by atoms with van der Waals surface area (Å²) in [6, 6.07) is 4.26. The molecule has 108 valence electrons. The summed E-state index contributed by atoms with van der Waals surface area (Å²) in [6.07, 6.45) is 2.61. The van der Waals surface area contributed by atoms with Crippen molar-refractivity contribution in [2.45, 2.75) is 51.6 Å². The number of nitrogens with zero attached hydrogens (tertiary/aromatic N) is 1. The average Bonchev–Trinajstić information content (AvgIpc) is 2.96. The van der Waals surface area contributed by atoms with Crippen LogP contribution in [0.5, 0.6) is 0 Å². The second-order valence-electron chi connectivity index (χ2n) is 6.31. The molecule has 2 heterocycles. The summed E-state index contributed by atoms with van der Waals surface area (Å²) in [6.45, 7) is 7.56. The molecular weight excluding hydrogens is 352 g/mol. The van der Waals surface area contributed by atoms with Crippen molar-refractivity contribution in [2.75, 3.05) is 0 Å². The van der Waals surface area contributed by atoms with E-state index in [1.165, 1.54) is 37.1 Å². The molecule has 0 aliphatic heterocycles. The van der Waals surface area contributed by atoms with Crippen LogP contribution in [0.25, 0.3) is 9.88 Å². The van der Waals surface area contributed by atoms with Crippen LogP contribution in [0.4, 0.5) is 0 Å². The van der Waals surface area contributed by atoms with E-state index in [1.54, 1.807) is 11.3 Å². The first kappa shape index (κ1) is 14.7. The zero-order valence-electron chi connectivity index (χ0n) is 12.0. The van der Waals surface area contributed by atoms with Gasteiger partial charge in [0.15, 0.2) is 0 Å². The molecule has 1 aliphatic rings. The van der Waals surface area contributed by atoms with Crippen LogP contribution < -0.4 is 5.32 Å². The maximum absolute atomic E-state index is 4.92. The first-order valence-electron chi connectivity index (χ1n) is 6.93. The molecule has 0 aromatic carbocycles. The summed E-state index contributed by atoms with van der Waals surface area (Å²) in [7, 11) is 0. The molecule has 2 nitrogen and oxygen atoms in total. The number of rotatable bonds is 4. The van der Waals surface area contributed by atoms with Crippen molar-refractivity contribution < 1.29 is 0 Å². The smallest absolute Gasteiger partial charge is 0.133 e. The molecule has 0 unspecified atom stereocenters. The molecule has 3 rings (SSSR count). The SMILES string of the molecule is CC(C)(C)NCc1sc(-c2ccc(Br)s2)nc1C1CC1. The predicted octanol–water partition coefficient (Wildman–Crippen LogP) is 5.40. The van der Waals surface area contributed by atoms with Gasteiger partial charge in [0.1, 0.15) is 5.01 Å². The van der Waals surface area contributed by atoms with Crippen LogP contribution in [0.2, 0.25) is 0 Å². The van der Waals surface area contributed by atoms with Gasteiger partial charge in [0.2, 0.25) is 0 Å². The quantitative estimate of drug-likeness (QED) is 0.778. The Morgan fingerprint density at radius 3 is 2.60 bits per heavy atom. The molecule has 2 aromatic rings. The number of aromatic nitrogens is 1. The van der Waals surface area contributed by atoms with Gasteiger partial charge in [-0.15, -0.1) is 22.7 Å². The second kappa shape index (κ2) is 5.52. The molecule has 0 atom stereocenters. The summed E-state index contributed by atoms with van der Waals surface area (Å²) in [5.41, 5.74) is 1.49. The van der Waals surface area contributed by atoms with Crippen molar-refractivity contribution >= 4 is 38.6 Å². The minimum absolute atomic E-state index is 0.150. The van der Waals surface area contributed by atoms with Gasteiger partial charge in [-0.05, 0) is 61.7 Å². The lowest BCUT2D eigenvalue weighted by molar-refractivity contribution is 0.425. The Labute approximate surface area is 136 Å². The number of halogens is 1. The van der Waals surface area contributed by atoms with Crippen LogP contribution in [0.3, 0.4) is 0 Å². The molecule has 1 N–H and O–H groups in total. The number of thiophene rings is 1. The zero-order chi connectivity index (χ0) is 14.3. The monoisotopic (exact) mass is 370 g/mol. The molecule has 0 saturated heterocycles. The highest BCUT2D eigenvalue weighted by Crippen LogP contribution is 2.45. The molecule has 2 aromatic heterocycles. The molecule has 1 fully saturated rings. The fourth-order valence-electron chi connectivity index (χ4n) is 2.05. The molecule has 0 spiro atoms. The Morgan fingerprint density at radius 2 is 2.05 bits per heavy atom. The van der Waals surface area contributed by atoms with Gasteiger partial charge < -0.3 is 5.32 Å². The van der Waals surface area contributed by atoms with Crippen LogP contribution in [-0.4, -0.2) is 10.5 Å². The third-order valence-corrected chi connectivity index (χ3v) is 6.12.